The molecular formula is C11H12N2O3. The Balaban J connectivity index is 2.14. The fourth-order valence-corrected chi connectivity index (χ4v) is 1.53. The number of amides is 1. The Morgan fingerprint density at radius 3 is 2.38 bits per heavy atom. The molecule has 0 heterocycles. The minimum Gasteiger partial charge on any atom is -0.315 e. The van der Waals surface area contributed by atoms with Crippen LogP contribution in [0.2, 0.25) is 0 Å². The van der Waals surface area contributed by atoms with Gasteiger partial charge in [-0.05, 0) is 25.0 Å². The Bertz CT molecular complexity index is 423. The Morgan fingerprint density at radius 1 is 1.38 bits per heavy atom. The van der Waals surface area contributed by atoms with E-state index in [1.54, 1.807) is 24.1 Å². The summed E-state index contributed by atoms with van der Waals surface area (Å²) >= 11 is 0. The molecule has 1 fully saturated rings. The zero-order valence-corrected chi connectivity index (χ0v) is 8.92. The average Bonchev–Trinajstić information content (AvgIpc) is 3.11. The Morgan fingerprint density at radius 2 is 1.94 bits per heavy atom. The lowest BCUT2D eigenvalue weighted by atomic mass is 10.2. The lowest BCUT2D eigenvalue weighted by Crippen LogP contribution is -2.27. The maximum atomic E-state index is 11.7. The van der Waals surface area contributed by atoms with E-state index >= 15 is 0 Å². The van der Waals surface area contributed by atoms with Gasteiger partial charge in [0.25, 0.3) is 5.69 Å². The molecule has 5 nitrogen and oxygen atoms in total. The molecule has 2 rings (SSSR count). The summed E-state index contributed by atoms with van der Waals surface area (Å²) in [4.78, 5) is 23.3. The molecule has 0 atom stereocenters. The van der Waals surface area contributed by atoms with Crippen molar-refractivity contribution in [3.63, 3.8) is 0 Å². The number of nitro benzene ring substituents is 1. The highest BCUT2D eigenvalue weighted by Gasteiger charge is 2.32. The van der Waals surface area contributed by atoms with Crippen molar-refractivity contribution >= 4 is 17.3 Å². The molecule has 1 saturated carbocycles. The molecule has 1 amide bonds. The molecule has 1 aliphatic rings. The number of rotatable bonds is 3. The highest BCUT2D eigenvalue weighted by Crippen LogP contribution is 2.32. The number of nitrogens with zero attached hydrogens (tertiary/aromatic N) is 2. The van der Waals surface area contributed by atoms with Crippen LogP contribution in [0.4, 0.5) is 11.4 Å². The van der Waals surface area contributed by atoms with E-state index in [4.69, 9.17) is 0 Å². The molecular weight excluding hydrogens is 208 g/mol. The number of benzene rings is 1. The van der Waals surface area contributed by atoms with Crippen LogP contribution < -0.4 is 4.90 Å². The van der Waals surface area contributed by atoms with Gasteiger partial charge < -0.3 is 4.90 Å². The molecule has 1 aromatic carbocycles. The standard InChI is InChI=1S/C11H12N2O3/c1-12(11(14)8-2-3-8)9-4-6-10(7-5-9)13(15)16/h4-8H,2-3H2,1H3. The normalized spacial score (nSPS) is 14.6. The van der Waals surface area contributed by atoms with Crippen LogP contribution in [0.25, 0.3) is 0 Å². The summed E-state index contributed by atoms with van der Waals surface area (Å²) < 4.78 is 0. The molecule has 16 heavy (non-hydrogen) atoms. The quantitative estimate of drug-likeness (QED) is 0.577. The number of hydrogen-bond donors (Lipinski definition) is 0. The molecule has 84 valence electrons. The minimum absolute atomic E-state index is 0.0380. The van der Waals surface area contributed by atoms with Crippen molar-refractivity contribution in [1.82, 2.24) is 0 Å². The van der Waals surface area contributed by atoms with Crippen LogP contribution in [0.5, 0.6) is 0 Å². The Hall–Kier alpha value is -1.91. The third-order valence-corrected chi connectivity index (χ3v) is 2.70. The van der Waals surface area contributed by atoms with Crippen molar-refractivity contribution in [3.05, 3.63) is 34.4 Å². The monoisotopic (exact) mass is 220 g/mol. The van der Waals surface area contributed by atoms with E-state index in [9.17, 15) is 14.9 Å². The van der Waals surface area contributed by atoms with Gasteiger partial charge in [0.1, 0.15) is 0 Å². The van der Waals surface area contributed by atoms with Crippen LogP contribution in [0, 0.1) is 16.0 Å². The lowest BCUT2D eigenvalue weighted by molar-refractivity contribution is -0.384. The SMILES string of the molecule is CN(C(=O)C1CC1)c1ccc([N+](=O)[O-])cc1. The molecule has 0 radical (unpaired) electrons. The van der Waals surface area contributed by atoms with Gasteiger partial charge in [0, 0.05) is 30.8 Å². The number of carbonyl (C=O) groups is 1. The molecule has 0 spiro atoms. The van der Waals surface area contributed by atoms with Crippen molar-refractivity contribution in [2.45, 2.75) is 12.8 Å². The fraction of sp³-hybridized carbons (Fsp3) is 0.364. The summed E-state index contributed by atoms with van der Waals surface area (Å²) in [5, 5.41) is 10.5. The molecule has 0 aliphatic heterocycles. The second-order valence-electron chi connectivity index (χ2n) is 3.95. The highest BCUT2D eigenvalue weighted by atomic mass is 16.6. The van der Waals surface area contributed by atoms with Gasteiger partial charge in [0.2, 0.25) is 5.91 Å². The molecule has 0 aromatic heterocycles. The molecule has 5 heteroatoms. The van der Waals surface area contributed by atoms with Gasteiger partial charge in [-0.25, -0.2) is 0 Å². The number of nitro groups is 1. The third kappa shape index (κ3) is 2.03. The summed E-state index contributed by atoms with van der Waals surface area (Å²) in [5.41, 5.74) is 0.735. The molecule has 0 unspecified atom stereocenters. The van der Waals surface area contributed by atoms with E-state index in [2.05, 4.69) is 0 Å². The van der Waals surface area contributed by atoms with Crippen LogP contribution >= 0.6 is 0 Å². The summed E-state index contributed by atoms with van der Waals surface area (Å²) in [6.07, 6.45) is 1.91. The first-order valence-electron chi connectivity index (χ1n) is 5.11. The second kappa shape index (κ2) is 3.92. The molecule has 1 aliphatic carbocycles. The molecule has 0 saturated heterocycles. The maximum absolute atomic E-state index is 11.7. The Kier molecular flexibility index (Phi) is 2.60. The fourth-order valence-electron chi connectivity index (χ4n) is 1.53. The van der Waals surface area contributed by atoms with Crippen molar-refractivity contribution in [2.75, 3.05) is 11.9 Å². The zero-order chi connectivity index (χ0) is 11.7. The molecule has 0 N–H and O–H groups in total. The summed E-state index contributed by atoms with van der Waals surface area (Å²) in [6, 6.07) is 6.01. The lowest BCUT2D eigenvalue weighted by Gasteiger charge is -2.16. The van der Waals surface area contributed by atoms with Gasteiger partial charge >= 0.3 is 0 Å². The van der Waals surface area contributed by atoms with Gasteiger partial charge in [0.15, 0.2) is 0 Å². The predicted octanol–water partition coefficient (Wildman–Crippen LogP) is 1.97. The van der Waals surface area contributed by atoms with Crippen molar-refractivity contribution in [2.24, 2.45) is 5.92 Å². The van der Waals surface area contributed by atoms with E-state index in [0.717, 1.165) is 12.8 Å². The first kappa shape index (κ1) is 10.6. The van der Waals surface area contributed by atoms with Crippen molar-refractivity contribution < 1.29 is 9.72 Å². The van der Waals surface area contributed by atoms with Crippen LogP contribution in [-0.4, -0.2) is 17.9 Å². The second-order valence-corrected chi connectivity index (χ2v) is 3.95. The van der Waals surface area contributed by atoms with Gasteiger partial charge in [0.05, 0.1) is 4.92 Å². The predicted molar refractivity (Wildman–Crippen MR) is 59.2 cm³/mol. The largest absolute Gasteiger partial charge is 0.315 e. The van der Waals surface area contributed by atoms with E-state index in [-0.39, 0.29) is 17.5 Å². The summed E-state index contributed by atoms with van der Waals surface area (Å²) in [6.45, 7) is 0. The molecule has 0 bridgehead atoms. The van der Waals surface area contributed by atoms with E-state index in [0.29, 0.717) is 5.69 Å². The van der Waals surface area contributed by atoms with Crippen LogP contribution in [0.3, 0.4) is 0 Å². The van der Waals surface area contributed by atoms with Crippen molar-refractivity contribution in [1.29, 1.82) is 0 Å². The average molecular weight is 220 g/mol. The number of hydrogen-bond acceptors (Lipinski definition) is 3. The van der Waals surface area contributed by atoms with E-state index < -0.39 is 4.92 Å². The first-order chi connectivity index (χ1) is 7.59. The minimum atomic E-state index is -0.452. The van der Waals surface area contributed by atoms with Gasteiger partial charge in [-0.15, -0.1) is 0 Å². The maximum Gasteiger partial charge on any atom is 0.269 e. The van der Waals surface area contributed by atoms with E-state index in [1.807, 2.05) is 0 Å². The van der Waals surface area contributed by atoms with Gasteiger partial charge in [-0.1, -0.05) is 0 Å². The Labute approximate surface area is 92.8 Å². The van der Waals surface area contributed by atoms with Gasteiger partial charge in [-0.2, -0.15) is 0 Å². The van der Waals surface area contributed by atoms with E-state index in [1.165, 1.54) is 12.1 Å². The number of anilines is 1. The smallest absolute Gasteiger partial charge is 0.269 e. The summed E-state index contributed by atoms with van der Waals surface area (Å²) in [7, 11) is 1.70. The highest BCUT2D eigenvalue weighted by molar-refractivity contribution is 5.95. The summed E-state index contributed by atoms with van der Waals surface area (Å²) in [5.74, 6) is 0.244. The van der Waals surface area contributed by atoms with Gasteiger partial charge in [-0.3, -0.25) is 14.9 Å². The van der Waals surface area contributed by atoms with Crippen LogP contribution in [0.15, 0.2) is 24.3 Å². The zero-order valence-electron chi connectivity index (χ0n) is 8.92. The molecule has 1 aromatic rings. The first-order valence-corrected chi connectivity index (χ1v) is 5.11. The topological polar surface area (TPSA) is 63.5 Å². The van der Waals surface area contributed by atoms with Crippen LogP contribution in [-0.2, 0) is 4.79 Å². The van der Waals surface area contributed by atoms with Crippen LogP contribution in [0.1, 0.15) is 12.8 Å². The number of non-ortho nitro benzene ring substituents is 1. The third-order valence-electron chi connectivity index (χ3n) is 2.70. The number of carbonyl (C=O) groups excluding carboxylic acids is 1. The van der Waals surface area contributed by atoms with Crippen molar-refractivity contribution in [3.8, 4) is 0 Å².